The van der Waals surface area contributed by atoms with Crippen LogP contribution in [0.1, 0.15) is 70.8 Å². The van der Waals surface area contributed by atoms with E-state index in [1.807, 2.05) is 33.0 Å². The van der Waals surface area contributed by atoms with Gasteiger partial charge in [-0.05, 0) is 70.2 Å². The summed E-state index contributed by atoms with van der Waals surface area (Å²) < 4.78 is 2.24. The first kappa shape index (κ1) is 26.0. The predicted molar refractivity (Wildman–Crippen MR) is 145 cm³/mol. The zero-order chi connectivity index (χ0) is 25.1. The van der Waals surface area contributed by atoms with Gasteiger partial charge >= 0.3 is 0 Å². The maximum Gasteiger partial charge on any atom is 0.226 e. The average molecular weight is 498 g/mol. The van der Waals surface area contributed by atoms with Crippen molar-refractivity contribution in [2.75, 3.05) is 13.6 Å². The molecule has 2 aromatic rings. The van der Waals surface area contributed by atoms with Crippen molar-refractivity contribution in [1.82, 2.24) is 14.8 Å². The fourth-order valence-corrected chi connectivity index (χ4v) is 6.22. The Balaban J connectivity index is 1.59. The Labute approximate surface area is 214 Å². The molecule has 4 rings (SSSR count). The Kier molecular flexibility index (Phi) is 8.38. The lowest BCUT2D eigenvalue weighted by atomic mass is 9.76. The number of fused-ring (bicyclic) bond motifs is 1. The monoisotopic (exact) mass is 497 g/mol. The molecule has 6 heteroatoms. The summed E-state index contributed by atoms with van der Waals surface area (Å²) in [5.74, 6) is 0.433. The summed E-state index contributed by atoms with van der Waals surface area (Å²) in [5.41, 5.74) is 3.22. The van der Waals surface area contributed by atoms with Crippen molar-refractivity contribution in [2.45, 2.75) is 83.8 Å². The summed E-state index contributed by atoms with van der Waals surface area (Å²) in [4.78, 5) is 29.0. The molecular weight excluding hydrogens is 458 g/mol. The number of likely N-dealkylation sites (N-methyl/N-ethyl adjacent to an activating group) is 1. The first-order valence-electron chi connectivity index (χ1n) is 13.2. The fourth-order valence-electron chi connectivity index (χ4n) is 6.06. The number of hydrogen-bond donors (Lipinski definition) is 1. The van der Waals surface area contributed by atoms with Gasteiger partial charge in [0, 0.05) is 53.6 Å². The van der Waals surface area contributed by atoms with E-state index >= 15 is 0 Å². The van der Waals surface area contributed by atoms with Crippen LogP contribution in [0, 0.1) is 11.8 Å². The van der Waals surface area contributed by atoms with Gasteiger partial charge in [0.15, 0.2) is 0 Å². The number of nitrogens with one attached hydrogen (secondary N) is 1. The third-order valence-electron chi connectivity index (χ3n) is 8.24. The minimum absolute atomic E-state index is 0.123. The number of benzene rings is 1. The van der Waals surface area contributed by atoms with E-state index in [0.717, 1.165) is 73.7 Å². The van der Waals surface area contributed by atoms with Gasteiger partial charge in [0.1, 0.15) is 5.78 Å². The summed E-state index contributed by atoms with van der Waals surface area (Å²) in [6.07, 6.45) is 10.1. The molecule has 0 radical (unpaired) electrons. The van der Waals surface area contributed by atoms with Gasteiger partial charge in [0.25, 0.3) is 0 Å². The standard InChI is InChI=1S/C29H40ClN3O2/c1-19(2)26-18-32(27-15-22(30)12-13-24(26)27)17-23-11-8-14-33(23)29(35)25(16-28(34)20(3)31-4)21-9-6-5-7-10-21/h12-13,15,18,20-21,23,25,31H,1,5-11,14,16-17H2,2-4H3/t20-,23-,25-/m0/s1. The molecule has 0 spiro atoms. The highest BCUT2D eigenvalue weighted by molar-refractivity contribution is 6.31. The summed E-state index contributed by atoms with van der Waals surface area (Å²) >= 11 is 6.35. The molecule has 1 aromatic heterocycles. The van der Waals surface area contributed by atoms with E-state index in [1.54, 1.807) is 0 Å². The van der Waals surface area contributed by atoms with Crippen LogP contribution in [0.25, 0.3) is 16.5 Å². The topological polar surface area (TPSA) is 54.3 Å². The number of ketones is 1. The number of amides is 1. The van der Waals surface area contributed by atoms with Crippen LogP contribution in [-0.4, -0.2) is 46.8 Å². The Morgan fingerprint density at radius 3 is 2.60 bits per heavy atom. The third-order valence-corrected chi connectivity index (χ3v) is 8.48. The number of halogens is 1. The van der Waals surface area contributed by atoms with Gasteiger partial charge in [-0.15, -0.1) is 0 Å². The van der Waals surface area contributed by atoms with Crippen molar-refractivity contribution in [2.24, 2.45) is 11.8 Å². The number of hydrogen-bond acceptors (Lipinski definition) is 3. The Bertz CT molecular complexity index is 1090. The average Bonchev–Trinajstić information content (AvgIpc) is 3.47. The summed E-state index contributed by atoms with van der Waals surface area (Å²) in [7, 11) is 1.81. The number of carbonyl (C=O) groups is 2. The molecule has 1 aromatic carbocycles. The SMILES string of the molecule is C=C(C)c1cn(C[C@@H]2CCCN2C(=O)[C@@H](CC(=O)[C@H](C)NC)C2CCCCC2)c2cc(Cl)ccc12. The predicted octanol–water partition coefficient (Wildman–Crippen LogP) is 6.08. The first-order valence-corrected chi connectivity index (χ1v) is 13.6. The molecule has 190 valence electrons. The number of rotatable bonds is 9. The quantitative estimate of drug-likeness (QED) is 0.456. The van der Waals surface area contributed by atoms with Crippen LogP contribution in [0.2, 0.25) is 5.02 Å². The lowest BCUT2D eigenvalue weighted by Crippen LogP contribution is -2.45. The molecule has 1 saturated heterocycles. The highest BCUT2D eigenvalue weighted by atomic mass is 35.5. The van der Waals surface area contributed by atoms with Crippen LogP contribution in [0.3, 0.4) is 0 Å². The lowest BCUT2D eigenvalue weighted by Gasteiger charge is -2.35. The lowest BCUT2D eigenvalue weighted by molar-refractivity contribution is -0.141. The number of likely N-dealkylation sites (tertiary alicyclic amines) is 1. The zero-order valence-corrected chi connectivity index (χ0v) is 22.2. The Hall–Kier alpha value is -2.11. The van der Waals surface area contributed by atoms with Crippen LogP contribution in [0.5, 0.6) is 0 Å². The molecule has 1 aliphatic heterocycles. The first-order chi connectivity index (χ1) is 16.8. The van der Waals surface area contributed by atoms with Crippen LogP contribution < -0.4 is 5.32 Å². The normalized spacial score (nSPS) is 20.8. The maximum atomic E-state index is 14.0. The van der Waals surface area contributed by atoms with Crippen molar-refractivity contribution in [3.8, 4) is 0 Å². The summed E-state index contributed by atoms with van der Waals surface area (Å²) in [5, 5.41) is 4.91. The highest BCUT2D eigenvalue weighted by Crippen LogP contribution is 2.36. The van der Waals surface area contributed by atoms with E-state index in [0.29, 0.717) is 17.4 Å². The van der Waals surface area contributed by atoms with Gasteiger partial charge in [-0.25, -0.2) is 0 Å². The number of allylic oxidation sites excluding steroid dienone is 1. The van der Waals surface area contributed by atoms with Gasteiger partial charge in [0.05, 0.1) is 11.6 Å². The highest BCUT2D eigenvalue weighted by Gasteiger charge is 2.39. The van der Waals surface area contributed by atoms with E-state index in [4.69, 9.17) is 11.6 Å². The Morgan fingerprint density at radius 1 is 1.17 bits per heavy atom. The largest absolute Gasteiger partial charge is 0.345 e. The number of Topliss-reactive ketones (excluding diaryl/α,β-unsaturated/α-hetero) is 1. The minimum atomic E-state index is -0.222. The number of nitrogens with zero attached hydrogens (tertiary/aromatic N) is 2. The molecule has 0 unspecified atom stereocenters. The molecule has 0 bridgehead atoms. The number of aromatic nitrogens is 1. The molecule has 1 saturated carbocycles. The van der Waals surface area contributed by atoms with Crippen molar-refractivity contribution < 1.29 is 9.59 Å². The van der Waals surface area contributed by atoms with Gasteiger partial charge in [-0.1, -0.05) is 43.5 Å². The molecule has 2 fully saturated rings. The number of carbonyl (C=O) groups excluding carboxylic acids is 2. The van der Waals surface area contributed by atoms with Crippen LogP contribution in [0.4, 0.5) is 0 Å². The molecular formula is C29H40ClN3O2. The van der Waals surface area contributed by atoms with Crippen molar-refractivity contribution in [3.63, 3.8) is 0 Å². The second-order valence-corrected chi connectivity index (χ2v) is 11.1. The molecule has 1 N–H and O–H groups in total. The second kappa shape index (κ2) is 11.3. The molecule has 1 amide bonds. The van der Waals surface area contributed by atoms with Crippen LogP contribution >= 0.6 is 11.6 Å². The molecule has 35 heavy (non-hydrogen) atoms. The molecule has 2 heterocycles. The van der Waals surface area contributed by atoms with E-state index < -0.39 is 0 Å². The van der Waals surface area contributed by atoms with Gasteiger partial charge in [0.2, 0.25) is 5.91 Å². The fraction of sp³-hybridized carbons (Fsp3) is 0.586. The van der Waals surface area contributed by atoms with E-state index in [1.165, 1.54) is 6.42 Å². The zero-order valence-electron chi connectivity index (χ0n) is 21.5. The Morgan fingerprint density at radius 2 is 1.91 bits per heavy atom. The van der Waals surface area contributed by atoms with Crippen molar-refractivity contribution in [1.29, 1.82) is 0 Å². The van der Waals surface area contributed by atoms with Crippen LogP contribution in [-0.2, 0) is 16.1 Å². The van der Waals surface area contributed by atoms with E-state index in [2.05, 4.69) is 33.6 Å². The maximum absolute atomic E-state index is 14.0. The van der Waals surface area contributed by atoms with Crippen molar-refractivity contribution >= 4 is 39.8 Å². The molecule has 3 atom stereocenters. The third kappa shape index (κ3) is 5.67. The summed E-state index contributed by atoms with van der Waals surface area (Å²) in [6, 6.07) is 5.89. The molecule has 1 aliphatic carbocycles. The molecule has 5 nitrogen and oxygen atoms in total. The van der Waals surface area contributed by atoms with E-state index in [9.17, 15) is 9.59 Å². The van der Waals surface area contributed by atoms with Crippen LogP contribution in [0.15, 0.2) is 31.0 Å². The van der Waals surface area contributed by atoms with Gasteiger partial charge in [-0.3, -0.25) is 9.59 Å². The van der Waals surface area contributed by atoms with E-state index in [-0.39, 0.29) is 29.7 Å². The minimum Gasteiger partial charge on any atom is -0.345 e. The summed E-state index contributed by atoms with van der Waals surface area (Å²) in [6.45, 7) is 9.58. The smallest absolute Gasteiger partial charge is 0.226 e. The second-order valence-electron chi connectivity index (χ2n) is 10.7. The molecule has 2 aliphatic rings. The van der Waals surface area contributed by atoms with Gasteiger partial charge < -0.3 is 14.8 Å². The van der Waals surface area contributed by atoms with Gasteiger partial charge in [-0.2, -0.15) is 0 Å². The van der Waals surface area contributed by atoms with Crippen molar-refractivity contribution in [3.05, 3.63) is 41.6 Å².